The maximum Gasteiger partial charge on any atom is 0.444 e. The van der Waals surface area contributed by atoms with Crippen molar-refractivity contribution in [3.8, 4) is 0 Å². The molecule has 0 spiro atoms. The van der Waals surface area contributed by atoms with Crippen molar-refractivity contribution >= 4 is 12.1 Å². The van der Waals surface area contributed by atoms with Crippen LogP contribution < -0.4 is 0 Å². The molecule has 0 aromatic heterocycles. The van der Waals surface area contributed by atoms with Crippen LogP contribution >= 0.6 is 0 Å². The van der Waals surface area contributed by atoms with Crippen molar-refractivity contribution in [3.05, 3.63) is 47.2 Å². The maximum atomic E-state index is 12.4. The lowest BCUT2D eigenvalue weighted by Gasteiger charge is -2.26. The number of ether oxygens (including phenoxy) is 2. The fraction of sp³-hybridized carbons (Fsp3) is 0.444. The van der Waals surface area contributed by atoms with Crippen molar-refractivity contribution in [2.24, 2.45) is 5.92 Å². The Hall–Kier alpha value is -2.50. The van der Waals surface area contributed by atoms with Gasteiger partial charge in [0.25, 0.3) is 0 Å². The van der Waals surface area contributed by atoms with Crippen LogP contribution in [0.15, 0.2) is 41.7 Å². The summed E-state index contributed by atoms with van der Waals surface area (Å²) in [6.07, 6.45) is -0.629. The van der Waals surface area contributed by atoms with Gasteiger partial charge in [0.05, 0.1) is 6.61 Å². The van der Waals surface area contributed by atoms with Crippen LogP contribution in [0.1, 0.15) is 33.3 Å². The minimum Gasteiger partial charge on any atom is -0.462 e. The number of carbonyl (C=O) groups excluding carboxylic acids is 2. The van der Waals surface area contributed by atoms with E-state index in [1.807, 2.05) is 44.2 Å². The van der Waals surface area contributed by atoms with Gasteiger partial charge in [0, 0.05) is 0 Å². The number of allylic oxidation sites excluding steroid dienone is 1. The fourth-order valence-corrected chi connectivity index (χ4v) is 2.59. The number of esters is 1. The summed E-state index contributed by atoms with van der Waals surface area (Å²) in [5.74, 6) is -0.137. The lowest BCUT2D eigenvalue weighted by Crippen LogP contribution is -2.41. The Bertz CT molecular complexity index is 624. The number of hydrogen-bond donors (Lipinski definition) is 0. The van der Waals surface area contributed by atoms with Crippen LogP contribution in [-0.2, 0) is 25.7 Å². The first-order chi connectivity index (χ1) is 11.5. The number of hydroxylamine groups is 2. The molecule has 1 amide bonds. The quantitative estimate of drug-likeness (QED) is 0.772. The molecule has 6 heteroatoms. The van der Waals surface area contributed by atoms with Gasteiger partial charge < -0.3 is 14.3 Å². The Kier molecular flexibility index (Phi) is 5.84. The summed E-state index contributed by atoms with van der Waals surface area (Å²) < 4.78 is 10.4. The van der Waals surface area contributed by atoms with Gasteiger partial charge in [0.1, 0.15) is 24.0 Å². The van der Waals surface area contributed by atoms with Crippen molar-refractivity contribution in [2.45, 2.75) is 40.3 Å². The van der Waals surface area contributed by atoms with Crippen LogP contribution in [0, 0.1) is 5.92 Å². The van der Waals surface area contributed by atoms with Crippen LogP contribution in [0.3, 0.4) is 0 Å². The maximum absolute atomic E-state index is 12.4. The first kappa shape index (κ1) is 17.8. The molecule has 1 atom stereocenters. The Labute approximate surface area is 141 Å². The second-order valence-corrected chi connectivity index (χ2v) is 5.84. The Morgan fingerprint density at radius 2 is 1.88 bits per heavy atom. The molecule has 0 aliphatic carbocycles. The van der Waals surface area contributed by atoms with Gasteiger partial charge in [0.2, 0.25) is 0 Å². The Morgan fingerprint density at radius 1 is 1.21 bits per heavy atom. The van der Waals surface area contributed by atoms with Gasteiger partial charge in [-0.2, -0.15) is 0 Å². The predicted octanol–water partition coefficient (Wildman–Crippen LogP) is 3.43. The van der Waals surface area contributed by atoms with Gasteiger partial charge >= 0.3 is 12.1 Å². The molecule has 2 rings (SSSR count). The predicted molar refractivity (Wildman–Crippen MR) is 87.5 cm³/mol. The highest BCUT2D eigenvalue weighted by atomic mass is 16.7. The van der Waals surface area contributed by atoms with Crippen LogP contribution in [0.5, 0.6) is 0 Å². The standard InChI is InChI=1S/C18H23NO5/c1-5-22-17(20)15-13(4)24-19(16(15)12(2)3)18(21)23-11-14-9-7-6-8-10-14/h6-10,12,16H,5,11H2,1-4H3. The summed E-state index contributed by atoms with van der Waals surface area (Å²) in [4.78, 5) is 30.1. The molecule has 0 radical (unpaired) electrons. The fourth-order valence-electron chi connectivity index (χ4n) is 2.59. The highest BCUT2D eigenvalue weighted by molar-refractivity contribution is 5.91. The Morgan fingerprint density at radius 3 is 2.46 bits per heavy atom. The third-order valence-electron chi connectivity index (χ3n) is 3.67. The monoisotopic (exact) mass is 333 g/mol. The van der Waals surface area contributed by atoms with Crippen molar-refractivity contribution < 1.29 is 23.9 Å². The van der Waals surface area contributed by atoms with Gasteiger partial charge in [-0.1, -0.05) is 44.2 Å². The highest BCUT2D eigenvalue weighted by Crippen LogP contribution is 2.32. The number of carbonyl (C=O) groups is 2. The van der Waals surface area contributed by atoms with Crippen LogP contribution in [0.25, 0.3) is 0 Å². The molecule has 1 aliphatic rings. The first-order valence-corrected chi connectivity index (χ1v) is 8.01. The summed E-state index contributed by atoms with van der Waals surface area (Å²) in [6, 6.07) is 8.83. The van der Waals surface area contributed by atoms with E-state index >= 15 is 0 Å². The summed E-state index contributed by atoms with van der Waals surface area (Å²) in [5.41, 5.74) is 1.24. The average molecular weight is 333 g/mol. The zero-order chi connectivity index (χ0) is 17.7. The molecule has 0 bridgehead atoms. The molecular weight excluding hydrogens is 310 g/mol. The molecular formula is C18H23NO5. The molecule has 130 valence electrons. The van der Waals surface area contributed by atoms with Crippen LogP contribution in [0.4, 0.5) is 4.79 Å². The summed E-state index contributed by atoms with van der Waals surface area (Å²) in [5, 5.41) is 1.12. The molecule has 1 aromatic carbocycles. The molecule has 1 aromatic rings. The van der Waals surface area contributed by atoms with E-state index in [0.29, 0.717) is 11.3 Å². The van der Waals surface area contributed by atoms with Gasteiger partial charge in [-0.15, -0.1) is 5.06 Å². The van der Waals surface area contributed by atoms with Crippen LogP contribution in [-0.4, -0.2) is 29.8 Å². The lowest BCUT2D eigenvalue weighted by atomic mass is 9.96. The van der Waals surface area contributed by atoms with E-state index in [-0.39, 0.29) is 19.1 Å². The van der Waals surface area contributed by atoms with E-state index in [1.54, 1.807) is 13.8 Å². The molecule has 0 saturated heterocycles. The SMILES string of the molecule is CCOC(=O)C1=C(C)ON(C(=O)OCc2ccccc2)C1C(C)C. The summed E-state index contributed by atoms with van der Waals surface area (Å²) >= 11 is 0. The zero-order valence-corrected chi connectivity index (χ0v) is 14.4. The summed E-state index contributed by atoms with van der Waals surface area (Å²) in [7, 11) is 0. The number of hydrogen-bond acceptors (Lipinski definition) is 5. The number of amides is 1. The molecule has 0 fully saturated rings. The molecule has 0 N–H and O–H groups in total. The molecule has 24 heavy (non-hydrogen) atoms. The first-order valence-electron chi connectivity index (χ1n) is 8.01. The van der Waals surface area contributed by atoms with Crippen molar-refractivity contribution in [1.29, 1.82) is 0 Å². The topological polar surface area (TPSA) is 65.1 Å². The number of benzene rings is 1. The largest absolute Gasteiger partial charge is 0.462 e. The van der Waals surface area contributed by atoms with E-state index in [1.165, 1.54) is 0 Å². The van der Waals surface area contributed by atoms with Crippen molar-refractivity contribution in [2.75, 3.05) is 6.61 Å². The lowest BCUT2D eigenvalue weighted by molar-refractivity contribution is -0.140. The van der Waals surface area contributed by atoms with E-state index in [0.717, 1.165) is 10.6 Å². The van der Waals surface area contributed by atoms with Crippen molar-refractivity contribution in [3.63, 3.8) is 0 Å². The second kappa shape index (κ2) is 7.86. The third kappa shape index (κ3) is 3.88. The number of nitrogens with zero attached hydrogens (tertiary/aromatic N) is 1. The normalized spacial score (nSPS) is 17.0. The molecule has 6 nitrogen and oxygen atoms in total. The summed E-state index contributed by atoms with van der Waals surface area (Å²) in [6.45, 7) is 7.59. The minimum absolute atomic E-state index is 0.0360. The third-order valence-corrected chi connectivity index (χ3v) is 3.67. The highest BCUT2D eigenvalue weighted by Gasteiger charge is 2.43. The van der Waals surface area contributed by atoms with Crippen LogP contribution in [0.2, 0.25) is 0 Å². The van der Waals surface area contributed by atoms with E-state index in [2.05, 4.69) is 0 Å². The molecule has 1 unspecified atom stereocenters. The Balaban J connectivity index is 2.10. The molecule has 1 heterocycles. The molecule has 1 aliphatic heterocycles. The molecule has 0 saturated carbocycles. The van der Waals surface area contributed by atoms with Crippen molar-refractivity contribution in [1.82, 2.24) is 5.06 Å². The number of rotatable bonds is 5. The van der Waals surface area contributed by atoms with Gasteiger partial charge in [-0.25, -0.2) is 9.59 Å². The zero-order valence-electron chi connectivity index (χ0n) is 14.4. The van der Waals surface area contributed by atoms with Gasteiger partial charge in [-0.3, -0.25) is 0 Å². The second-order valence-electron chi connectivity index (χ2n) is 5.84. The van der Waals surface area contributed by atoms with Gasteiger partial charge in [0.15, 0.2) is 0 Å². The van der Waals surface area contributed by atoms with E-state index in [4.69, 9.17) is 14.3 Å². The van der Waals surface area contributed by atoms with E-state index in [9.17, 15) is 9.59 Å². The van der Waals surface area contributed by atoms with E-state index < -0.39 is 18.1 Å². The van der Waals surface area contributed by atoms with Gasteiger partial charge in [-0.05, 0) is 25.3 Å². The smallest absolute Gasteiger partial charge is 0.444 e. The minimum atomic E-state index is -0.629. The average Bonchev–Trinajstić information content (AvgIpc) is 2.91.